The summed E-state index contributed by atoms with van der Waals surface area (Å²) in [5.41, 5.74) is 2.33. The third-order valence-corrected chi connectivity index (χ3v) is 3.33. The van der Waals surface area contributed by atoms with Crippen LogP contribution in [0.3, 0.4) is 0 Å². The molecule has 0 aliphatic carbocycles. The number of carbonyl (C=O) groups is 1. The van der Waals surface area contributed by atoms with Crippen LogP contribution in [0.4, 0.5) is 5.69 Å². The molecular weight excluding hydrogens is 264 g/mol. The van der Waals surface area contributed by atoms with E-state index in [1.165, 1.54) is 0 Å². The smallest absolute Gasteiger partial charge is 0.255 e. The lowest BCUT2D eigenvalue weighted by Crippen LogP contribution is -2.33. The predicted octanol–water partition coefficient (Wildman–Crippen LogP) is 2.57. The van der Waals surface area contributed by atoms with Crippen molar-refractivity contribution in [3.8, 4) is 5.75 Å². The van der Waals surface area contributed by atoms with Gasteiger partial charge < -0.3 is 15.3 Å². The Morgan fingerprint density at radius 1 is 1.19 bits per heavy atom. The van der Waals surface area contributed by atoms with Crippen molar-refractivity contribution in [3.05, 3.63) is 59.7 Å². The van der Waals surface area contributed by atoms with E-state index in [2.05, 4.69) is 10.2 Å². The van der Waals surface area contributed by atoms with Gasteiger partial charge in [0.25, 0.3) is 5.91 Å². The van der Waals surface area contributed by atoms with Crippen molar-refractivity contribution in [1.82, 2.24) is 5.32 Å². The summed E-state index contributed by atoms with van der Waals surface area (Å²) < 4.78 is 0. The van der Waals surface area contributed by atoms with Crippen molar-refractivity contribution in [2.45, 2.75) is 6.92 Å². The molecule has 0 aromatic heterocycles. The molecule has 4 nitrogen and oxygen atoms in total. The Kier molecular flexibility index (Phi) is 4.82. The molecule has 0 fully saturated rings. The van der Waals surface area contributed by atoms with Crippen molar-refractivity contribution in [2.24, 2.45) is 0 Å². The van der Waals surface area contributed by atoms with E-state index in [1.807, 2.05) is 50.4 Å². The van der Waals surface area contributed by atoms with Crippen LogP contribution in [0.1, 0.15) is 15.9 Å². The minimum Gasteiger partial charge on any atom is -0.507 e. The molecule has 21 heavy (non-hydrogen) atoms. The molecule has 0 aliphatic rings. The van der Waals surface area contributed by atoms with Crippen LogP contribution >= 0.6 is 0 Å². The van der Waals surface area contributed by atoms with Crippen LogP contribution in [-0.2, 0) is 0 Å². The molecule has 110 valence electrons. The number of rotatable bonds is 5. The Labute approximate surface area is 125 Å². The van der Waals surface area contributed by atoms with E-state index >= 15 is 0 Å². The van der Waals surface area contributed by atoms with Gasteiger partial charge in [-0.3, -0.25) is 4.79 Å². The molecule has 4 heteroatoms. The Hall–Kier alpha value is -2.49. The van der Waals surface area contributed by atoms with Crippen molar-refractivity contribution >= 4 is 11.6 Å². The van der Waals surface area contributed by atoms with Gasteiger partial charge in [0, 0.05) is 25.8 Å². The van der Waals surface area contributed by atoms with Crippen LogP contribution < -0.4 is 10.2 Å². The number of hydrogen-bond donors (Lipinski definition) is 2. The third kappa shape index (κ3) is 3.99. The Bertz CT molecular complexity index is 611. The van der Waals surface area contributed by atoms with E-state index < -0.39 is 0 Å². The molecule has 2 aromatic carbocycles. The van der Waals surface area contributed by atoms with E-state index in [9.17, 15) is 9.90 Å². The first-order valence-corrected chi connectivity index (χ1v) is 6.92. The number of aryl methyl sites for hydroxylation is 1. The van der Waals surface area contributed by atoms with Crippen LogP contribution in [0.5, 0.6) is 5.75 Å². The molecule has 2 aromatic rings. The predicted molar refractivity (Wildman–Crippen MR) is 84.9 cm³/mol. The molecule has 0 atom stereocenters. The van der Waals surface area contributed by atoms with Gasteiger partial charge >= 0.3 is 0 Å². The summed E-state index contributed by atoms with van der Waals surface area (Å²) in [4.78, 5) is 14.1. The monoisotopic (exact) mass is 284 g/mol. The summed E-state index contributed by atoms with van der Waals surface area (Å²) >= 11 is 0. The second-order valence-corrected chi connectivity index (χ2v) is 5.03. The van der Waals surface area contributed by atoms with Gasteiger partial charge in [0.1, 0.15) is 5.75 Å². The number of benzene rings is 2. The Morgan fingerprint density at radius 2 is 1.90 bits per heavy atom. The van der Waals surface area contributed by atoms with E-state index in [-0.39, 0.29) is 11.7 Å². The van der Waals surface area contributed by atoms with E-state index in [1.54, 1.807) is 12.1 Å². The summed E-state index contributed by atoms with van der Waals surface area (Å²) in [6.45, 7) is 3.08. The maximum Gasteiger partial charge on any atom is 0.255 e. The number of aromatic hydroxyl groups is 1. The number of phenols is 1. The first-order chi connectivity index (χ1) is 10.1. The molecule has 0 saturated heterocycles. The minimum atomic E-state index is -0.256. The standard InChI is InChI=1S/C17H20N2O2/c1-13-8-9-15(16(20)12-13)17(21)18-10-11-19(2)14-6-4-3-5-7-14/h3-9,12,20H,10-11H2,1-2H3,(H,18,21). The molecule has 0 heterocycles. The second-order valence-electron chi connectivity index (χ2n) is 5.03. The molecule has 0 radical (unpaired) electrons. The Balaban J connectivity index is 1.87. The number of hydrogen-bond acceptors (Lipinski definition) is 3. The molecular formula is C17H20N2O2. The third-order valence-electron chi connectivity index (χ3n) is 3.33. The van der Waals surface area contributed by atoms with Gasteiger partial charge in [-0.2, -0.15) is 0 Å². The van der Waals surface area contributed by atoms with Crippen molar-refractivity contribution in [1.29, 1.82) is 0 Å². The highest BCUT2D eigenvalue weighted by Gasteiger charge is 2.10. The molecule has 0 unspecified atom stereocenters. The van der Waals surface area contributed by atoms with E-state index in [4.69, 9.17) is 0 Å². The highest BCUT2D eigenvalue weighted by Crippen LogP contribution is 2.18. The molecule has 0 bridgehead atoms. The van der Waals surface area contributed by atoms with Crippen molar-refractivity contribution < 1.29 is 9.90 Å². The van der Waals surface area contributed by atoms with Crippen LogP contribution in [0, 0.1) is 6.92 Å². The minimum absolute atomic E-state index is 0.0175. The maximum absolute atomic E-state index is 12.0. The normalized spacial score (nSPS) is 10.2. The SMILES string of the molecule is Cc1ccc(C(=O)NCCN(C)c2ccccc2)c(O)c1. The fraction of sp³-hybridized carbons (Fsp3) is 0.235. The molecule has 2 N–H and O–H groups in total. The Morgan fingerprint density at radius 3 is 2.57 bits per heavy atom. The van der Waals surface area contributed by atoms with Gasteiger partial charge in [0.05, 0.1) is 5.56 Å². The first-order valence-electron chi connectivity index (χ1n) is 6.92. The summed E-state index contributed by atoms with van der Waals surface area (Å²) in [7, 11) is 1.98. The van der Waals surface area contributed by atoms with Gasteiger partial charge in [0.15, 0.2) is 0 Å². The summed E-state index contributed by atoms with van der Waals surface area (Å²) in [5, 5.41) is 12.6. The number of nitrogens with zero attached hydrogens (tertiary/aromatic N) is 1. The summed E-state index contributed by atoms with van der Waals surface area (Å²) in [6, 6.07) is 15.0. The van der Waals surface area contributed by atoms with Gasteiger partial charge in [-0.05, 0) is 36.8 Å². The highest BCUT2D eigenvalue weighted by atomic mass is 16.3. The lowest BCUT2D eigenvalue weighted by atomic mass is 10.1. The fourth-order valence-corrected chi connectivity index (χ4v) is 2.08. The number of amides is 1. The zero-order valence-electron chi connectivity index (χ0n) is 12.3. The second kappa shape index (κ2) is 6.79. The zero-order valence-corrected chi connectivity index (χ0v) is 12.3. The summed E-state index contributed by atoms with van der Waals surface area (Å²) in [6.07, 6.45) is 0. The van der Waals surface area contributed by atoms with Gasteiger partial charge in [-0.25, -0.2) is 0 Å². The number of phenolic OH excluding ortho intramolecular Hbond substituents is 1. The number of nitrogens with one attached hydrogen (secondary N) is 1. The lowest BCUT2D eigenvalue weighted by Gasteiger charge is -2.19. The molecule has 1 amide bonds. The van der Waals surface area contributed by atoms with Gasteiger partial charge in [-0.1, -0.05) is 24.3 Å². The number of anilines is 1. The van der Waals surface area contributed by atoms with Crippen LogP contribution in [0.2, 0.25) is 0 Å². The van der Waals surface area contributed by atoms with Gasteiger partial charge in [-0.15, -0.1) is 0 Å². The van der Waals surface area contributed by atoms with Gasteiger partial charge in [0.2, 0.25) is 0 Å². The zero-order chi connectivity index (χ0) is 15.2. The average molecular weight is 284 g/mol. The lowest BCUT2D eigenvalue weighted by molar-refractivity contribution is 0.0952. The number of para-hydroxylation sites is 1. The van der Waals surface area contributed by atoms with E-state index in [0.717, 1.165) is 11.3 Å². The maximum atomic E-state index is 12.0. The molecule has 0 aliphatic heterocycles. The average Bonchev–Trinajstić information content (AvgIpc) is 2.47. The number of carbonyl (C=O) groups excluding carboxylic acids is 1. The topological polar surface area (TPSA) is 52.6 Å². The van der Waals surface area contributed by atoms with Crippen molar-refractivity contribution in [2.75, 3.05) is 25.0 Å². The summed E-state index contributed by atoms with van der Waals surface area (Å²) in [5.74, 6) is -0.238. The molecule has 0 saturated carbocycles. The first kappa shape index (κ1) is 14.9. The largest absolute Gasteiger partial charge is 0.507 e. The molecule has 2 rings (SSSR count). The quantitative estimate of drug-likeness (QED) is 0.887. The molecule has 0 spiro atoms. The van der Waals surface area contributed by atoms with Crippen LogP contribution in [0.25, 0.3) is 0 Å². The highest BCUT2D eigenvalue weighted by molar-refractivity contribution is 5.96. The van der Waals surface area contributed by atoms with Crippen molar-refractivity contribution in [3.63, 3.8) is 0 Å². The van der Waals surface area contributed by atoms with E-state index in [0.29, 0.717) is 18.7 Å². The fourth-order valence-electron chi connectivity index (χ4n) is 2.08. The number of likely N-dealkylation sites (N-methyl/N-ethyl adjacent to an activating group) is 1. The van der Waals surface area contributed by atoms with Crippen LogP contribution in [0.15, 0.2) is 48.5 Å². The van der Waals surface area contributed by atoms with Crippen LogP contribution in [-0.4, -0.2) is 31.2 Å².